The van der Waals surface area contributed by atoms with Gasteiger partial charge in [-0.25, -0.2) is 0 Å². The molecule has 2 N–H and O–H groups in total. The number of rotatable bonds is 5. The third-order valence-corrected chi connectivity index (χ3v) is 3.31. The standard InChI is InChI=1S/C17H16ClNO2/c1-2-12-3-5-13(6-4-12)16(20)9-10-19-15-11-14(18)7-8-17(15)21/h3-11,19,21H,2H2,1H3/b10-9-. The molecule has 0 atom stereocenters. The lowest BCUT2D eigenvalue weighted by Gasteiger charge is -2.04. The molecule has 2 aromatic rings. The van der Waals surface area contributed by atoms with Crippen LogP contribution in [0.4, 0.5) is 5.69 Å². The highest BCUT2D eigenvalue weighted by molar-refractivity contribution is 6.30. The minimum absolute atomic E-state index is 0.0730. The fourth-order valence-corrected chi connectivity index (χ4v) is 2.00. The van der Waals surface area contributed by atoms with Crippen molar-refractivity contribution in [1.29, 1.82) is 0 Å². The summed E-state index contributed by atoms with van der Waals surface area (Å²) in [5, 5.41) is 13.0. The van der Waals surface area contributed by atoms with Crippen LogP contribution in [0, 0.1) is 0 Å². The highest BCUT2D eigenvalue weighted by Crippen LogP contribution is 2.26. The van der Waals surface area contributed by atoms with E-state index in [2.05, 4.69) is 12.2 Å². The summed E-state index contributed by atoms with van der Waals surface area (Å²) in [6, 6.07) is 12.2. The van der Waals surface area contributed by atoms with Crippen LogP contribution in [0.1, 0.15) is 22.8 Å². The number of carbonyl (C=O) groups is 1. The quantitative estimate of drug-likeness (QED) is 0.488. The molecule has 0 aliphatic rings. The number of halogens is 1. The lowest BCUT2D eigenvalue weighted by atomic mass is 10.1. The molecule has 0 aromatic heterocycles. The summed E-state index contributed by atoms with van der Waals surface area (Å²) in [7, 11) is 0. The van der Waals surface area contributed by atoms with E-state index in [9.17, 15) is 9.90 Å². The third-order valence-electron chi connectivity index (χ3n) is 3.08. The largest absolute Gasteiger partial charge is 0.506 e. The normalized spacial score (nSPS) is 10.8. The minimum Gasteiger partial charge on any atom is -0.506 e. The Hall–Kier alpha value is -2.26. The van der Waals surface area contributed by atoms with Crippen LogP contribution < -0.4 is 5.32 Å². The number of allylic oxidation sites excluding steroid dienone is 1. The van der Waals surface area contributed by atoms with Crippen molar-refractivity contribution >= 4 is 23.1 Å². The first-order valence-corrected chi connectivity index (χ1v) is 7.03. The maximum Gasteiger partial charge on any atom is 0.187 e. The molecule has 4 heteroatoms. The molecule has 0 unspecified atom stereocenters. The van der Waals surface area contributed by atoms with Crippen molar-refractivity contribution in [2.24, 2.45) is 0 Å². The zero-order chi connectivity index (χ0) is 15.2. The minimum atomic E-state index is -0.105. The van der Waals surface area contributed by atoms with Gasteiger partial charge >= 0.3 is 0 Å². The molecule has 0 bridgehead atoms. The Kier molecular flexibility index (Phi) is 5.01. The molecule has 2 rings (SSSR count). The van der Waals surface area contributed by atoms with Gasteiger partial charge in [0.1, 0.15) is 5.75 Å². The van der Waals surface area contributed by atoms with Crippen LogP contribution >= 0.6 is 11.6 Å². The van der Waals surface area contributed by atoms with Gasteiger partial charge in [-0.05, 0) is 30.2 Å². The Labute approximate surface area is 128 Å². The van der Waals surface area contributed by atoms with Crippen LogP contribution in [-0.4, -0.2) is 10.9 Å². The van der Waals surface area contributed by atoms with Gasteiger partial charge in [-0.15, -0.1) is 0 Å². The van der Waals surface area contributed by atoms with E-state index in [-0.39, 0.29) is 11.5 Å². The number of carbonyl (C=O) groups excluding carboxylic acids is 1. The predicted octanol–water partition coefficient (Wildman–Crippen LogP) is 4.42. The van der Waals surface area contributed by atoms with Crippen LogP contribution in [0.25, 0.3) is 0 Å². The summed E-state index contributed by atoms with van der Waals surface area (Å²) in [5.74, 6) is -0.0320. The van der Waals surface area contributed by atoms with E-state index in [1.165, 1.54) is 23.9 Å². The van der Waals surface area contributed by atoms with Gasteiger partial charge in [0.15, 0.2) is 5.78 Å². The van der Waals surface area contributed by atoms with E-state index in [1.54, 1.807) is 12.1 Å². The average Bonchev–Trinajstić information content (AvgIpc) is 2.50. The average molecular weight is 302 g/mol. The molecule has 0 saturated heterocycles. The first-order chi connectivity index (χ1) is 10.1. The van der Waals surface area contributed by atoms with Crippen LogP contribution in [0.5, 0.6) is 5.75 Å². The number of anilines is 1. The molecule has 2 aromatic carbocycles. The van der Waals surface area contributed by atoms with Crippen LogP contribution in [0.3, 0.4) is 0 Å². The van der Waals surface area contributed by atoms with E-state index in [4.69, 9.17) is 11.6 Å². The zero-order valence-electron chi connectivity index (χ0n) is 11.6. The molecule has 0 saturated carbocycles. The Morgan fingerprint density at radius 3 is 2.62 bits per heavy atom. The SMILES string of the molecule is CCc1ccc(C(=O)/C=C\Nc2cc(Cl)ccc2O)cc1. The van der Waals surface area contributed by atoms with E-state index in [1.807, 2.05) is 24.3 Å². The van der Waals surface area contributed by atoms with E-state index in [0.29, 0.717) is 16.3 Å². The van der Waals surface area contributed by atoms with Gasteiger partial charge in [0.25, 0.3) is 0 Å². The van der Waals surface area contributed by atoms with Crippen molar-refractivity contribution < 1.29 is 9.90 Å². The van der Waals surface area contributed by atoms with Gasteiger partial charge in [-0.2, -0.15) is 0 Å². The molecule has 0 aliphatic carbocycles. The molecule has 0 fully saturated rings. The maximum atomic E-state index is 12.0. The Morgan fingerprint density at radius 2 is 1.95 bits per heavy atom. The number of hydrogen-bond acceptors (Lipinski definition) is 3. The number of aromatic hydroxyl groups is 1. The second kappa shape index (κ2) is 6.95. The number of nitrogens with one attached hydrogen (secondary N) is 1. The van der Waals surface area contributed by atoms with Crippen molar-refractivity contribution in [3.63, 3.8) is 0 Å². The first-order valence-electron chi connectivity index (χ1n) is 6.65. The molecule has 0 radical (unpaired) electrons. The lowest BCUT2D eigenvalue weighted by molar-refractivity contribution is 0.104. The number of hydrogen-bond donors (Lipinski definition) is 2. The van der Waals surface area contributed by atoms with Crippen LogP contribution in [-0.2, 0) is 6.42 Å². The van der Waals surface area contributed by atoms with Gasteiger partial charge in [0, 0.05) is 22.9 Å². The summed E-state index contributed by atoms with van der Waals surface area (Å²) in [4.78, 5) is 12.0. The van der Waals surface area contributed by atoms with Crippen molar-refractivity contribution in [3.05, 3.63) is 70.9 Å². The predicted molar refractivity (Wildman–Crippen MR) is 86.0 cm³/mol. The van der Waals surface area contributed by atoms with Gasteiger partial charge in [0.2, 0.25) is 0 Å². The summed E-state index contributed by atoms with van der Waals surface area (Å²) >= 11 is 5.84. The fraction of sp³-hybridized carbons (Fsp3) is 0.118. The van der Waals surface area contributed by atoms with Crippen LogP contribution in [0.2, 0.25) is 5.02 Å². The second-order valence-electron chi connectivity index (χ2n) is 4.55. The van der Waals surface area contributed by atoms with Gasteiger partial charge in [0.05, 0.1) is 5.69 Å². The highest BCUT2D eigenvalue weighted by atomic mass is 35.5. The second-order valence-corrected chi connectivity index (χ2v) is 4.99. The Morgan fingerprint density at radius 1 is 1.24 bits per heavy atom. The molecule has 0 heterocycles. The molecule has 108 valence electrons. The number of ketones is 1. The number of benzene rings is 2. The molecular formula is C17H16ClNO2. The summed E-state index contributed by atoms with van der Waals surface area (Å²) in [6.45, 7) is 2.07. The van der Waals surface area contributed by atoms with E-state index in [0.717, 1.165) is 6.42 Å². The molecule has 0 spiro atoms. The van der Waals surface area contributed by atoms with Crippen molar-refractivity contribution in [2.45, 2.75) is 13.3 Å². The monoisotopic (exact) mass is 301 g/mol. The Bertz CT molecular complexity index is 663. The maximum absolute atomic E-state index is 12.0. The topological polar surface area (TPSA) is 49.3 Å². The highest BCUT2D eigenvalue weighted by Gasteiger charge is 2.02. The van der Waals surface area contributed by atoms with Crippen molar-refractivity contribution in [1.82, 2.24) is 0 Å². The summed E-state index contributed by atoms with van der Waals surface area (Å²) in [5.41, 5.74) is 2.27. The van der Waals surface area contributed by atoms with Crippen molar-refractivity contribution in [2.75, 3.05) is 5.32 Å². The smallest absolute Gasteiger partial charge is 0.187 e. The van der Waals surface area contributed by atoms with Gasteiger partial charge in [-0.1, -0.05) is 42.8 Å². The molecule has 3 nitrogen and oxygen atoms in total. The molecule has 0 amide bonds. The Balaban J connectivity index is 2.03. The number of aryl methyl sites for hydroxylation is 1. The van der Waals surface area contributed by atoms with E-state index >= 15 is 0 Å². The van der Waals surface area contributed by atoms with Crippen LogP contribution in [0.15, 0.2) is 54.7 Å². The zero-order valence-corrected chi connectivity index (χ0v) is 12.4. The fourth-order valence-electron chi connectivity index (χ4n) is 1.83. The van der Waals surface area contributed by atoms with Crippen molar-refractivity contribution in [3.8, 4) is 5.75 Å². The first kappa shape index (κ1) is 15.1. The van der Waals surface area contributed by atoms with E-state index < -0.39 is 0 Å². The molecule has 21 heavy (non-hydrogen) atoms. The van der Waals surface area contributed by atoms with Gasteiger partial charge < -0.3 is 10.4 Å². The number of phenolic OH excluding ortho intramolecular Hbond substituents is 1. The van der Waals surface area contributed by atoms with Gasteiger partial charge in [-0.3, -0.25) is 4.79 Å². The molecule has 0 aliphatic heterocycles. The summed E-state index contributed by atoms with van der Waals surface area (Å²) in [6.07, 6.45) is 3.85. The summed E-state index contributed by atoms with van der Waals surface area (Å²) < 4.78 is 0. The molecular weight excluding hydrogens is 286 g/mol. The lowest BCUT2D eigenvalue weighted by Crippen LogP contribution is -1.97. The number of phenols is 1. The third kappa shape index (κ3) is 4.10.